The molecule has 0 aliphatic heterocycles. The summed E-state index contributed by atoms with van der Waals surface area (Å²) in [6.45, 7) is 14.0. The van der Waals surface area contributed by atoms with Crippen LogP contribution in [0.1, 0.15) is 167 Å². The van der Waals surface area contributed by atoms with Gasteiger partial charge in [0.2, 0.25) is 5.91 Å². The standard InChI is InChI=1S/C31H40O2.C23H39NO3.C10H7.B30.BrH.Mg/c1-29(33)16-17-30(2)23(19-29)10-11-24-25-12-13-27(31(25,3)15-14-26(24)30)28(32)22-9-8-20-6-4-5-7-21(20)18-22;1-21(26)12-13-22(2)15(14-21)6-7-16-17-8-9-19(20(25)24(4)27-5)23(17,3)11-10-18(16)22;1-2-6-10-8-4-3-7-9(10)5-1;1-17(2)25(18(3)4)29(26(19(5)6)20(7)8)30(27(21(9)10)22(11)12)28(23(13)14)24(15)16;;/h4-9,18,23-27,33H,10-17,19H2,1-3H3;15-19,26H,6-14H2,1-5H3;1-3,5-8H;;1H;/q;;-1;;;+2/p-1/t23-,24-,25-,26-,27+,29+,30-,31-;15-,16-,17-,18-,19+,21+,22-,23-;;;;/m00..../s1. The zero-order valence-electron chi connectivity index (χ0n) is 62.6. The monoisotopic (exact) mass is 1380 g/mol. The van der Waals surface area contributed by atoms with Crippen molar-refractivity contribution in [2.45, 2.75) is 168 Å². The van der Waals surface area contributed by atoms with Gasteiger partial charge in [0.1, 0.15) is 0 Å². The van der Waals surface area contributed by atoms with Crippen LogP contribution in [0.25, 0.3) is 21.5 Å². The molecule has 0 unspecified atom stereocenters. The van der Waals surface area contributed by atoms with E-state index in [1.165, 1.54) is 104 Å². The van der Waals surface area contributed by atoms with Crippen molar-refractivity contribution in [1.29, 1.82) is 0 Å². The molecule has 8 saturated carbocycles. The maximum Gasteiger partial charge on any atom is 2.00 e. The third-order valence-electron chi connectivity index (χ3n) is 28.5. The number of benzene rings is 4. The van der Waals surface area contributed by atoms with Crippen molar-refractivity contribution in [3.63, 3.8) is 0 Å². The van der Waals surface area contributed by atoms with Gasteiger partial charge in [-0.2, -0.15) is 24.3 Å². The van der Waals surface area contributed by atoms with E-state index in [0.717, 1.165) is 67.8 Å². The number of carbonyl (C=O) groups is 2. The fourth-order valence-electron chi connectivity index (χ4n) is 23.2. The molecule has 0 bridgehead atoms. The maximum absolute atomic E-state index is 13.8. The number of hydroxylamine groups is 2. The fraction of sp³-hybridized carbons (Fsp3) is 0.656. The number of aliphatic hydroxyl groups is 2. The smallest absolute Gasteiger partial charge is 1.00 e. The summed E-state index contributed by atoms with van der Waals surface area (Å²) in [5.74, 6) is 6.64. The average Bonchev–Trinajstić information content (AvgIpc) is 1.40. The molecule has 2 N–H and O–H groups in total. The second-order valence-electron chi connectivity index (χ2n) is 34.4. The van der Waals surface area contributed by atoms with Gasteiger partial charge in [0.05, 0.1) is 18.3 Å². The Hall–Kier alpha value is -0.386. The van der Waals surface area contributed by atoms with Gasteiger partial charge in [0.25, 0.3) is 0 Å². The predicted molar refractivity (Wildman–Crippen MR) is 461 cm³/mol. The maximum atomic E-state index is 13.8. The van der Waals surface area contributed by atoms with Crippen LogP contribution in [0.3, 0.4) is 0 Å². The number of carbonyl (C=O) groups excluding carboxylic acids is 2. The summed E-state index contributed by atoms with van der Waals surface area (Å²) in [5, 5.41) is 27.7. The minimum atomic E-state index is -1.07. The van der Waals surface area contributed by atoms with Crippen LogP contribution < -0.4 is 17.0 Å². The second-order valence-corrected chi connectivity index (χ2v) is 34.4. The van der Waals surface area contributed by atoms with Crippen LogP contribution in [0.4, 0.5) is 0 Å². The van der Waals surface area contributed by atoms with E-state index in [0.29, 0.717) is 40.3 Å². The largest absolute Gasteiger partial charge is 2.00 e. The molecule has 102 heavy (non-hydrogen) atoms. The molecule has 6 nitrogen and oxygen atoms in total. The zero-order valence-corrected chi connectivity index (χ0v) is 65.6. The molecule has 12 rings (SSSR count). The molecular weight excluding hydrogens is 1290 g/mol. The molecule has 32 radical (unpaired) electrons. The van der Waals surface area contributed by atoms with Crippen LogP contribution in [0.2, 0.25) is 0 Å². The number of hydrogen-bond acceptors (Lipinski definition) is 5. The molecule has 38 heteroatoms. The molecule has 8 fully saturated rings. The normalized spacial score (nSPS) is 31.9. The molecule has 1 amide bonds. The summed E-state index contributed by atoms with van der Waals surface area (Å²) < 4.78 is 0. The van der Waals surface area contributed by atoms with E-state index < -0.39 is 101 Å². The van der Waals surface area contributed by atoms with E-state index in [-0.39, 0.29) is 68.6 Å². The third kappa shape index (κ3) is 18.7. The van der Waals surface area contributed by atoms with E-state index in [1.807, 2.05) is 31.2 Å². The van der Waals surface area contributed by atoms with Gasteiger partial charge in [-0.05, 0) is 215 Å². The Labute approximate surface area is 670 Å². The Bertz CT molecular complexity index is 3220. The first kappa shape index (κ1) is 88.8. The third-order valence-corrected chi connectivity index (χ3v) is 28.5. The average molecular weight is 1380 g/mol. The van der Waals surface area contributed by atoms with Crippen LogP contribution in [0, 0.1) is 86.9 Å². The SMILES string of the molecule is CON(C)C(=O)[C@H]1CC[C@H]2[C@@H]3CC[C@H]4C[C@](C)(O)CC[C@]4(C)[C@H]3CC[C@]12C.C[C@@]1(O)CC[C@@]2(C)[C@@H](CC[C@@H]3[C@@H]2CC[C@]2(C)[C@@H](C(=O)c4ccc5ccccc5c4)CC[C@@H]32)C1.[B]B([B])B(B([B])[B])B(B(B([B])[B])B([B])[B])B(B(B([B])[B])B([B])[B])B(B([B])[B])B([B])[B].[Br-].[Mg+2].[c-]1ccc2ccccc2c1. The van der Waals surface area contributed by atoms with Gasteiger partial charge in [-0.25, -0.2) is 5.06 Å². The predicted octanol–water partition coefficient (Wildman–Crippen LogP) is -0.312. The number of amides is 1. The van der Waals surface area contributed by atoms with Crippen LogP contribution >= 0.6 is 0 Å². The summed E-state index contributed by atoms with van der Waals surface area (Å²) >= 11 is 0. The van der Waals surface area contributed by atoms with Crippen LogP contribution in [0.15, 0.2) is 84.9 Å². The van der Waals surface area contributed by atoms with E-state index >= 15 is 0 Å². The molecule has 0 saturated heterocycles. The van der Waals surface area contributed by atoms with Crippen molar-refractivity contribution in [1.82, 2.24) is 5.06 Å². The molecule has 0 aromatic heterocycles. The molecule has 16 atom stereocenters. The van der Waals surface area contributed by atoms with Gasteiger partial charge >= 0.3 is 23.1 Å². The van der Waals surface area contributed by atoms with Crippen molar-refractivity contribution >= 4 is 269 Å². The fourth-order valence-corrected chi connectivity index (χ4v) is 23.2. The first-order valence-corrected chi connectivity index (χ1v) is 37.6. The Morgan fingerprint density at radius 3 is 1.20 bits per heavy atom. The first-order chi connectivity index (χ1) is 46.9. The molecule has 4 aromatic rings. The second kappa shape index (κ2) is 36.4. The van der Waals surface area contributed by atoms with Gasteiger partial charge < -0.3 is 27.2 Å². The minimum Gasteiger partial charge on any atom is -1.00 e. The molecule has 476 valence electrons. The number of hydrogen-bond donors (Lipinski definition) is 2. The summed E-state index contributed by atoms with van der Waals surface area (Å²) in [4.78, 5) is 32.0. The van der Waals surface area contributed by atoms with E-state index in [4.69, 9.17) is 129 Å². The summed E-state index contributed by atoms with van der Waals surface area (Å²) in [6, 6.07) is 32.0. The quantitative estimate of drug-likeness (QED) is 0.0657. The van der Waals surface area contributed by atoms with Gasteiger partial charge in [-0.15, -0.1) is 16.8 Å². The number of halogens is 1. The van der Waals surface area contributed by atoms with Gasteiger partial charge in [-0.1, -0.05) is 82.3 Å². The number of Topliss-reactive ketones (excluding diaryl/α,β-unsaturated/α-hetero) is 1. The number of ketones is 1. The number of fused-ring (bicyclic) bond motifs is 12. The zero-order chi connectivity index (χ0) is 73.5. The van der Waals surface area contributed by atoms with Crippen LogP contribution in [0.5, 0.6) is 0 Å². The summed E-state index contributed by atoms with van der Waals surface area (Å²) in [7, 11) is 99.7. The number of rotatable bonds is 17. The minimum absolute atomic E-state index is 0. The number of nitrogens with zero attached hydrogens (tertiary/aromatic N) is 1. The molecule has 8 aliphatic rings. The van der Waals surface area contributed by atoms with E-state index in [1.54, 1.807) is 14.2 Å². The molecule has 4 aromatic carbocycles. The Morgan fingerprint density at radius 1 is 0.441 bits per heavy atom. The van der Waals surface area contributed by atoms with E-state index in [2.05, 4.69) is 101 Å². The molecular formula is C64H86B30BrMgNO5. The van der Waals surface area contributed by atoms with Crippen LogP contribution in [-0.4, -0.2) is 289 Å². The van der Waals surface area contributed by atoms with E-state index in [9.17, 15) is 19.8 Å². The Kier molecular flexibility index (Phi) is 31.7. The van der Waals surface area contributed by atoms with Gasteiger partial charge in [-0.3, -0.25) is 14.4 Å². The van der Waals surface area contributed by atoms with Gasteiger partial charge in [0, 0.05) is 238 Å². The summed E-state index contributed by atoms with van der Waals surface area (Å²) in [5.41, 5.74) is 1.03. The first-order valence-electron chi connectivity index (χ1n) is 37.6. The molecule has 0 heterocycles. The van der Waals surface area contributed by atoms with Gasteiger partial charge in [0.15, 0.2) is 5.78 Å². The van der Waals surface area contributed by atoms with Crippen molar-refractivity contribution in [2.24, 2.45) is 80.8 Å². The van der Waals surface area contributed by atoms with Crippen molar-refractivity contribution in [2.75, 3.05) is 14.2 Å². The van der Waals surface area contributed by atoms with Crippen molar-refractivity contribution in [3.05, 3.63) is 96.6 Å². The van der Waals surface area contributed by atoms with Crippen molar-refractivity contribution in [3.8, 4) is 0 Å². The topological polar surface area (TPSA) is 87.1 Å². The van der Waals surface area contributed by atoms with Crippen LogP contribution in [-0.2, 0) is 9.63 Å². The summed E-state index contributed by atoms with van der Waals surface area (Å²) in [6.07, 6.45) is 7.03. The Balaban J connectivity index is 0.000000199. The molecule has 8 aliphatic carbocycles. The Morgan fingerprint density at radius 2 is 0.804 bits per heavy atom. The molecule has 0 spiro atoms. The van der Waals surface area contributed by atoms with Crippen molar-refractivity contribution < 1.29 is 41.6 Å².